The van der Waals surface area contributed by atoms with Crippen LogP contribution in [0, 0.1) is 5.82 Å². The van der Waals surface area contributed by atoms with E-state index in [4.69, 9.17) is 16.3 Å². The normalized spacial score (nSPS) is 12.9. The van der Waals surface area contributed by atoms with Gasteiger partial charge in [0.25, 0.3) is 6.43 Å². The van der Waals surface area contributed by atoms with Crippen LogP contribution in [0.5, 0.6) is 0 Å². The third-order valence-electron chi connectivity index (χ3n) is 2.85. The molecule has 0 aliphatic carbocycles. The monoisotopic (exact) mass is 309 g/mol. The Morgan fingerprint density at radius 1 is 1.35 bits per heavy atom. The first kappa shape index (κ1) is 17.3. The Balaban J connectivity index is 2.51. The average molecular weight is 310 g/mol. The number of hydrogen-bond donors (Lipinski definition) is 1. The minimum absolute atomic E-state index is 0.0364. The molecule has 20 heavy (non-hydrogen) atoms. The molecule has 0 spiro atoms. The van der Waals surface area contributed by atoms with Crippen molar-refractivity contribution in [3.8, 4) is 0 Å². The molecular weight excluding hydrogens is 291 g/mol. The van der Waals surface area contributed by atoms with Gasteiger partial charge in [-0.3, -0.25) is 0 Å². The lowest BCUT2D eigenvalue weighted by Gasteiger charge is -2.18. The molecule has 1 rings (SSSR count). The van der Waals surface area contributed by atoms with Gasteiger partial charge in [-0.25, -0.2) is 13.2 Å². The van der Waals surface area contributed by atoms with Gasteiger partial charge in [-0.15, -0.1) is 0 Å². The third-order valence-corrected chi connectivity index (χ3v) is 3.14. The van der Waals surface area contributed by atoms with Crippen molar-refractivity contribution in [3.05, 3.63) is 34.6 Å². The molecule has 0 heterocycles. The number of alkyl halides is 2. The maximum Gasteiger partial charge on any atom is 0.261 e. The molecular formula is C14H19ClF3NO. The number of halogens is 4. The summed E-state index contributed by atoms with van der Waals surface area (Å²) < 4.78 is 42.6. The zero-order valence-electron chi connectivity index (χ0n) is 11.3. The summed E-state index contributed by atoms with van der Waals surface area (Å²) in [6.45, 7) is 2.29. The Morgan fingerprint density at radius 2 is 2.10 bits per heavy atom. The molecule has 2 nitrogen and oxygen atoms in total. The fraction of sp³-hybridized carbons (Fsp3) is 0.571. The summed E-state index contributed by atoms with van der Waals surface area (Å²) >= 11 is 5.73. The van der Waals surface area contributed by atoms with Crippen molar-refractivity contribution in [1.29, 1.82) is 0 Å². The number of rotatable bonds is 9. The third kappa shape index (κ3) is 6.11. The molecule has 0 aliphatic heterocycles. The molecule has 1 atom stereocenters. The summed E-state index contributed by atoms with van der Waals surface area (Å²) in [5.41, 5.74) is 0.511. The van der Waals surface area contributed by atoms with Gasteiger partial charge in [0.05, 0.1) is 5.02 Å². The van der Waals surface area contributed by atoms with Crippen LogP contribution in [0.1, 0.15) is 18.9 Å². The fourth-order valence-electron chi connectivity index (χ4n) is 1.93. The van der Waals surface area contributed by atoms with E-state index in [-0.39, 0.29) is 17.7 Å². The topological polar surface area (TPSA) is 21.3 Å². The van der Waals surface area contributed by atoms with E-state index in [0.29, 0.717) is 24.9 Å². The van der Waals surface area contributed by atoms with Gasteiger partial charge in [-0.05, 0) is 31.0 Å². The molecule has 1 N–H and O–H groups in total. The smallest absolute Gasteiger partial charge is 0.261 e. The van der Waals surface area contributed by atoms with E-state index in [9.17, 15) is 13.2 Å². The molecule has 0 aromatic heterocycles. The minimum Gasteiger partial charge on any atom is -0.375 e. The predicted molar refractivity (Wildman–Crippen MR) is 74.0 cm³/mol. The van der Waals surface area contributed by atoms with Crippen molar-refractivity contribution in [3.63, 3.8) is 0 Å². The molecule has 0 bridgehead atoms. The first-order valence-electron chi connectivity index (χ1n) is 6.56. The van der Waals surface area contributed by atoms with E-state index in [0.717, 1.165) is 0 Å². The molecule has 0 aliphatic rings. The molecule has 0 amide bonds. The maximum absolute atomic E-state index is 13.8. The molecule has 6 heteroatoms. The van der Waals surface area contributed by atoms with E-state index in [1.165, 1.54) is 6.07 Å². The van der Waals surface area contributed by atoms with Crippen molar-refractivity contribution in [2.75, 3.05) is 19.8 Å². The van der Waals surface area contributed by atoms with Crippen LogP contribution in [0.3, 0.4) is 0 Å². The van der Waals surface area contributed by atoms with Crippen LogP contribution in [0.4, 0.5) is 13.2 Å². The molecule has 1 unspecified atom stereocenters. The SMILES string of the molecule is CCNC(CCOCC(F)F)Cc1cccc(Cl)c1F. The van der Waals surface area contributed by atoms with Crippen molar-refractivity contribution in [2.24, 2.45) is 0 Å². The Bertz CT molecular complexity index is 404. The highest BCUT2D eigenvalue weighted by atomic mass is 35.5. The first-order valence-corrected chi connectivity index (χ1v) is 6.94. The molecule has 0 radical (unpaired) electrons. The summed E-state index contributed by atoms with van der Waals surface area (Å²) in [6.07, 6.45) is -1.48. The molecule has 114 valence electrons. The number of likely N-dealkylation sites (N-methyl/N-ethyl adjacent to an activating group) is 1. The minimum atomic E-state index is -2.46. The second-order valence-electron chi connectivity index (χ2n) is 4.43. The summed E-state index contributed by atoms with van der Waals surface area (Å²) in [7, 11) is 0. The lowest BCUT2D eigenvalue weighted by Crippen LogP contribution is -2.32. The highest BCUT2D eigenvalue weighted by molar-refractivity contribution is 6.30. The van der Waals surface area contributed by atoms with Gasteiger partial charge in [0.1, 0.15) is 12.4 Å². The number of nitrogens with one attached hydrogen (secondary N) is 1. The van der Waals surface area contributed by atoms with E-state index in [2.05, 4.69) is 5.32 Å². The van der Waals surface area contributed by atoms with Crippen molar-refractivity contribution >= 4 is 11.6 Å². The molecule has 0 saturated carbocycles. The van der Waals surface area contributed by atoms with Crippen LogP contribution >= 0.6 is 11.6 Å². The largest absolute Gasteiger partial charge is 0.375 e. The summed E-state index contributed by atoms with van der Waals surface area (Å²) in [4.78, 5) is 0. The molecule has 1 aromatic rings. The summed E-state index contributed by atoms with van der Waals surface area (Å²) in [6, 6.07) is 4.82. The standard InChI is InChI=1S/C14H19ClF3NO/c1-2-19-11(6-7-20-9-13(16)17)8-10-4-3-5-12(15)14(10)18/h3-5,11,13,19H,2,6-9H2,1H3. The Hall–Kier alpha value is -0.780. The van der Waals surface area contributed by atoms with Crippen molar-refractivity contribution in [2.45, 2.75) is 32.2 Å². The Labute approximate surface area is 122 Å². The molecule has 0 fully saturated rings. The van der Waals surface area contributed by atoms with Crippen molar-refractivity contribution in [1.82, 2.24) is 5.32 Å². The predicted octanol–water partition coefficient (Wildman–Crippen LogP) is 3.67. The van der Waals surface area contributed by atoms with E-state index in [1.807, 2.05) is 6.92 Å². The maximum atomic E-state index is 13.8. The fourth-order valence-corrected chi connectivity index (χ4v) is 2.13. The van der Waals surface area contributed by atoms with Gasteiger partial charge in [-0.2, -0.15) is 0 Å². The highest BCUT2D eigenvalue weighted by Gasteiger charge is 2.13. The van der Waals surface area contributed by atoms with Crippen LogP contribution in [0.25, 0.3) is 0 Å². The van der Waals surface area contributed by atoms with Crippen LogP contribution in [0.2, 0.25) is 5.02 Å². The zero-order chi connectivity index (χ0) is 15.0. The van der Waals surface area contributed by atoms with Crippen LogP contribution < -0.4 is 5.32 Å². The molecule has 0 saturated heterocycles. The lowest BCUT2D eigenvalue weighted by molar-refractivity contribution is 0.0144. The van der Waals surface area contributed by atoms with E-state index >= 15 is 0 Å². The van der Waals surface area contributed by atoms with E-state index < -0.39 is 18.8 Å². The molecule has 1 aromatic carbocycles. The average Bonchev–Trinajstić information content (AvgIpc) is 2.40. The van der Waals surface area contributed by atoms with Gasteiger partial charge < -0.3 is 10.1 Å². The Morgan fingerprint density at radius 3 is 2.75 bits per heavy atom. The summed E-state index contributed by atoms with van der Waals surface area (Å²) in [5, 5.41) is 3.28. The quantitative estimate of drug-likeness (QED) is 0.703. The second kappa shape index (κ2) is 9.21. The van der Waals surface area contributed by atoms with Gasteiger partial charge in [0.2, 0.25) is 0 Å². The summed E-state index contributed by atoms with van der Waals surface area (Å²) in [5.74, 6) is -0.425. The second-order valence-corrected chi connectivity index (χ2v) is 4.83. The van der Waals surface area contributed by atoms with Gasteiger partial charge >= 0.3 is 0 Å². The van der Waals surface area contributed by atoms with Crippen LogP contribution in [-0.4, -0.2) is 32.2 Å². The number of ether oxygens (including phenoxy) is 1. The lowest BCUT2D eigenvalue weighted by atomic mass is 10.0. The number of benzene rings is 1. The Kier molecular flexibility index (Phi) is 7.95. The first-order chi connectivity index (χ1) is 9.54. The van der Waals surface area contributed by atoms with Gasteiger partial charge in [0, 0.05) is 12.6 Å². The highest BCUT2D eigenvalue weighted by Crippen LogP contribution is 2.19. The van der Waals surface area contributed by atoms with Crippen LogP contribution in [-0.2, 0) is 11.2 Å². The van der Waals surface area contributed by atoms with Crippen LogP contribution in [0.15, 0.2) is 18.2 Å². The van der Waals surface area contributed by atoms with E-state index in [1.54, 1.807) is 12.1 Å². The van der Waals surface area contributed by atoms with Gasteiger partial charge in [0.15, 0.2) is 0 Å². The van der Waals surface area contributed by atoms with Crippen molar-refractivity contribution < 1.29 is 17.9 Å². The number of hydrogen-bond acceptors (Lipinski definition) is 2. The zero-order valence-corrected chi connectivity index (χ0v) is 12.1. The van der Waals surface area contributed by atoms with Gasteiger partial charge in [-0.1, -0.05) is 30.7 Å².